The van der Waals surface area contributed by atoms with Gasteiger partial charge in [-0.15, -0.1) is 11.3 Å². The van der Waals surface area contributed by atoms with Crippen LogP contribution in [0.4, 0.5) is 5.69 Å². The van der Waals surface area contributed by atoms with Crippen LogP contribution < -0.4 is 4.90 Å². The van der Waals surface area contributed by atoms with E-state index in [1.807, 2.05) is 32.0 Å². The summed E-state index contributed by atoms with van der Waals surface area (Å²) in [6.45, 7) is 7.73. The van der Waals surface area contributed by atoms with Gasteiger partial charge in [-0.1, -0.05) is 30.7 Å². The van der Waals surface area contributed by atoms with Crippen molar-refractivity contribution in [1.29, 1.82) is 0 Å². The zero-order valence-corrected chi connectivity index (χ0v) is 21.6. The van der Waals surface area contributed by atoms with E-state index in [0.29, 0.717) is 5.69 Å². The summed E-state index contributed by atoms with van der Waals surface area (Å²) in [7, 11) is 0. The maximum Gasteiger partial charge on any atom is 0.237 e. The largest absolute Gasteiger partial charge is 0.294 e. The number of nitrogens with zero attached hydrogens (tertiary/aromatic N) is 2. The Balaban J connectivity index is 1.39. The third kappa shape index (κ3) is 3.89. The van der Waals surface area contributed by atoms with E-state index >= 15 is 0 Å². The number of carbonyl (C=O) groups is 3. The van der Waals surface area contributed by atoms with Crippen molar-refractivity contribution in [3.63, 3.8) is 0 Å². The number of rotatable bonds is 5. The fourth-order valence-electron chi connectivity index (χ4n) is 5.63. The van der Waals surface area contributed by atoms with Crippen molar-refractivity contribution in [2.24, 2.45) is 11.8 Å². The maximum atomic E-state index is 13.0. The number of amides is 2. The van der Waals surface area contributed by atoms with Gasteiger partial charge in [-0.2, -0.15) is 0 Å². The van der Waals surface area contributed by atoms with E-state index in [1.54, 1.807) is 30.0 Å². The van der Waals surface area contributed by atoms with E-state index in [9.17, 15) is 14.4 Å². The average molecular weight is 493 g/mol. The number of anilines is 1. The Labute approximate surface area is 207 Å². The number of thioether (sulfide) groups is 1. The van der Waals surface area contributed by atoms with Crippen LogP contribution >= 0.6 is 23.1 Å². The van der Waals surface area contributed by atoms with Gasteiger partial charge in [0.05, 0.1) is 27.7 Å². The standard InChI is InChI=1S/C27H28N2O3S2/c1-14-11-15(2)24(17(4)30)16(3)21(14)13-33-27-28-22-10-9-18(12-23(22)34-27)29-25(31)19-7-5-6-8-20(19)26(29)32/h9-12,19-20H,5-8,13H2,1-4H3/t19-,20-/m0/s1. The Morgan fingerprint density at radius 1 is 1.06 bits per heavy atom. The van der Waals surface area contributed by atoms with Gasteiger partial charge in [-0.25, -0.2) is 4.98 Å². The van der Waals surface area contributed by atoms with Crippen LogP contribution in [-0.2, 0) is 15.3 Å². The van der Waals surface area contributed by atoms with Crippen LogP contribution in [-0.4, -0.2) is 22.6 Å². The molecule has 1 saturated carbocycles. The first-order valence-corrected chi connectivity index (χ1v) is 13.6. The van der Waals surface area contributed by atoms with Gasteiger partial charge in [0.2, 0.25) is 11.8 Å². The summed E-state index contributed by atoms with van der Waals surface area (Å²) in [6, 6.07) is 7.77. The molecule has 0 radical (unpaired) electrons. The average Bonchev–Trinajstić information content (AvgIpc) is 3.31. The highest BCUT2D eigenvalue weighted by molar-refractivity contribution is 8.00. The summed E-state index contributed by atoms with van der Waals surface area (Å²) in [6.07, 6.45) is 3.68. The third-order valence-corrected chi connectivity index (χ3v) is 9.46. The lowest BCUT2D eigenvalue weighted by Gasteiger charge is -2.19. The van der Waals surface area contributed by atoms with Gasteiger partial charge in [0, 0.05) is 11.3 Å². The number of aromatic nitrogens is 1. The van der Waals surface area contributed by atoms with Gasteiger partial charge in [-0.05, 0) is 81.0 Å². The molecule has 1 aromatic heterocycles. The van der Waals surface area contributed by atoms with Gasteiger partial charge in [0.15, 0.2) is 10.1 Å². The lowest BCUT2D eigenvalue weighted by Crippen LogP contribution is -2.30. The Kier molecular flexibility index (Phi) is 6.10. The van der Waals surface area contributed by atoms with E-state index in [0.717, 1.165) is 62.7 Å². The summed E-state index contributed by atoms with van der Waals surface area (Å²) in [5.74, 6) is 0.451. The lowest BCUT2D eigenvalue weighted by atomic mass is 9.81. The van der Waals surface area contributed by atoms with Crippen molar-refractivity contribution in [2.45, 2.75) is 63.5 Å². The topological polar surface area (TPSA) is 67.3 Å². The first kappa shape index (κ1) is 23.2. The molecule has 7 heteroatoms. The number of Topliss-reactive ketones (excluding diaryl/α,β-unsaturated/α-hetero) is 1. The molecule has 0 unspecified atom stereocenters. The molecule has 5 nitrogen and oxygen atoms in total. The summed E-state index contributed by atoms with van der Waals surface area (Å²) >= 11 is 3.24. The number of benzene rings is 2. The highest BCUT2D eigenvalue weighted by Crippen LogP contribution is 2.41. The van der Waals surface area contributed by atoms with Gasteiger partial charge >= 0.3 is 0 Å². The molecule has 34 heavy (non-hydrogen) atoms. The molecule has 0 N–H and O–H groups in total. The molecule has 1 aliphatic carbocycles. The smallest absolute Gasteiger partial charge is 0.237 e. The Morgan fingerprint density at radius 2 is 1.74 bits per heavy atom. The summed E-state index contributed by atoms with van der Waals surface area (Å²) in [5, 5.41) is 0. The van der Waals surface area contributed by atoms with Crippen LogP contribution in [0.2, 0.25) is 0 Å². The van der Waals surface area contributed by atoms with Crippen LogP contribution in [0.5, 0.6) is 0 Å². The molecule has 2 aliphatic rings. The molecular weight excluding hydrogens is 464 g/mol. The van der Waals surface area contributed by atoms with E-state index in [1.165, 1.54) is 16.0 Å². The van der Waals surface area contributed by atoms with E-state index < -0.39 is 0 Å². The molecule has 176 valence electrons. The Morgan fingerprint density at radius 3 is 2.38 bits per heavy atom. The monoisotopic (exact) mass is 492 g/mol. The molecule has 0 bridgehead atoms. The zero-order valence-electron chi connectivity index (χ0n) is 19.9. The summed E-state index contributed by atoms with van der Waals surface area (Å²) in [4.78, 5) is 44.3. The molecular formula is C27H28N2O3S2. The minimum absolute atomic E-state index is 0.0419. The van der Waals surface area contributed by atoms with Crippen LogP contribution in [0, 0.1) is 32.6 Å². The quantitative estimate of drug-likeness (QED) is 0.234. The number of thiazole rings is 1. The van der Waals surface area contributed by atoms with Gasteiger partial charge < -0.3 is 0 Å². The van der Waals surface area contributed by atoms with Crippen molar-refractivity contribution in [3.8, 4) is 0 Å². The predicted molar refractivity (Wildman–Crippen MR) is 138 cm³/mol. The van der Waals surface area contributed by atoms with Gasteiger partial charge in [-0.3, -0.25) is 19.3 Å². The number of ketones is 1. The van der Waals surface area contributed by atoms with Gasteiger partial charge in [0.25, 0.3) is 0 Å². The number of imide groups is 1. The van der Waals surface area contributed by atoms with Gasteiger partial charge in [0.1, 0.15) is 0 Å². The Hall–Kier alpha value is -2.51. The third-order valence-electron chi connectivity index (χ3n) is 7.27. The second-order valence-electron chi connectivity index (χ2n) is 9.47. The van der Waals surface area contributed by atoms with Crippen LogP contribution in [0.15, 0.2) is 28.6 Å². The van der Waals surface area contributed by atoms with Crippen molar-refractivity contribution < 1.29 is 14.4 Å². The normalized spacial score (nSPS) is 20.3. The molecule has 3 aromatic rings. The fraction of sp³-hybridized carbons (Fsp3) is 0.407. The summed E-state index contributed by atoms with van der Waals surface area (Å²) in [5.41, 5.74) is 6.78. The molecule has 5 rings (SSSR count). The number of hydrogen-bond acceptors (Lipinski definition) is 6. The molecule has 2 atom stereocenters. The molecule has 0 spiro atoms. The molecule has 1 saturated heterocycles. The van der Waals surface area contributed by atoms with Crippen LogP contribution in [0.1, 0.15) is 65.2 Å². The number of fused-ring (bicyclic) bond motifs is 2. The number of hydrogen-bond donors (Lipinski definition) is 0. The molecule has 2 amide bonds. The number of aryl methyl sites for hydroxylation is 2. The summed E-state index contributed by atoms with van der Waals surface area (Å²) < 4.78 is 1.90. The lowest BCUT2D eigenvalue weighted by molar-refractivity contribution is -0.122. The fourth-order valence-corrected chi connectivity index (χ4v) is 7.92. The van der Waals surface area contributed by atoms with Crippen LogP contribution in [0.3, 0.4) is 0 Å². The van der Waals surface area contributed by atoms with Crippen LogP contribution in [0.25, 0.3) is 10.2 Å². The molecule has 2 fully saturated rings. The minimum Gasteiger partial charge on any atom is -0.294 e. The first-order chi connectivity index (χ1) is 16.3. The molecule has 1 aliphatic heterocycles. The Bertz CT molecular complexity index is 1320. The zero-order chi connectivity index (χ0) is 24.1. The van der Waals surface area contributed by atoms with Crippen molar-refractivity contribution in [2.75, 3.05) is 4.90 Å². The first-order valence-electron chi connectivity index (χ1n) is 11.8. The molecule has 2 heterocycles. The van der Waals surface area contributed by atoms with E-state index in [-0.39, 0.29) is 29.4 Å². The second-order valence-corrected chi connectivity index (χ2v) is 11.7. The predicted octanol–water partition coefficient (Wildman–Crippen LogP) is 6.40. The van der Waals surface area contributed by atoms with Crippen molar-refractivity contribution in [3.05, 3.63) is 52.1 Å². The van der Waals surface area contributed by atoms with Crippen molar-refractivity contribution >= 4 is 56.6 Å². The van der Waals surface area contributed by atoms with E-state index in [2.05, 4.69) is 13.0 Å². The van der Waals surface area contributed by atoms with Crippen molar-refractivity contribution in [1.82, 2.24) is 4.98 Å². The number of carbonyl (C=O) groups excluding carboxylic acids is 3. The maximum absolute atomic E-state index is 13.0. The second kappa shape index (κ2) is 8.93. The van der Waals surface area contributed by atoms with E-state index in [4.69, 9.17) is 4.98 Å². The highest BCUT2D eigenvalue weighted by atomic mass is 32.2. The highest BCUT2D eigenvalue weighted by Gasteiger charge is 2.48. The minimum atomic E-state index is -0.148. The molecule has 2 aromatic carbocycles. The SMILES string of the molecule is CC(=O)c1c(C)cc(C)c(CSc2nc3ccc(N4C(=O)[C@H]5CCCC[C@@H]5C4=O)cc3s2)c1C.